The third-order valence-corrected chi connectivity index (χ3v) is 3.25. The van der Waals surface area contributed by atoms with Gasteiger partial charge in [-0.15, -0.1) is 0 Å². The summed E-state index contributed by atoms with van der Waals surface area (Å²) in [7, 11) is 1.59. The molecule has 1 atom stereocenters. The van der Waals surface area contributed by atoms with E-state index in [1.54, 1.807) is 12.0 Å². The van der Waals surface area contributed by atoms with Gasteiger partial charge in [0.15, 0.2) is 0 Å². The molecule has 0 aliphatic carbocycles. The molecule has 7 nitrogen and oxygen atoms in total. The van der Waals surface area contributed by atoms with Gasteiger partial charge in [0.2, 0.25) is 11.8 Å². The zero-order valence-corrected chi connectivity index (χ0v) is 11.6. The van der Waals surface area contributed by atoms with E-state index in [1.807, 2.05) is 6.92 Å². The first kappa shape index (κ1) is 15.9. The van der Waals surface area contributed by atoms with E-state index in [0.717, 1.165) is 0 Å². The van der Waals surface area contributed by atoms with Crippen molar-refractivity contribution in [3.05, 3.63) is 0 Å². The third kappa shape index (κ3) is 5.14. The predicted octanol–water partition coefficient (Wildman–Crippen LogP) is -0.734. The maximum absolute atomic E-state index is 11.9. The number of methoxy groups -OCH3 is 1. The van der Waals surface area contributed by atoms with Gasteiger partial charge in [-0.3, -0.25) is 15.0 Å². The molecule has 0 radical (unpaired) electrons. The number of hydrogen-bond donors (Lipinski definition) is 2. The molecule has 0 aromatic rings. The first-order valence-electron chi connectivity index (χ1n) is 6.47. The first-order valence-corrected chi connectivity index (χ1v) is 6.47. The summed E-state index contributed by atoms with van der Waals surface area (Å²) in [4.78, 5) is 25.0. The number of nitrogens with two attached hydrogens (primary N) is 1. The smallest absolute Gasteiger partial charge is 0.248 e. The highest BCUT2D eigenvalue weighted by Gasteiger charge is 2.26. The zero-order valence-electron chi connectivity index (χ0n) is 11.6. The van der Waals surface area contributed by atoms with Crippen LogP contribution in [0.4, 0.5) is 0 Å². The number of hydrazine groups is 1. The van der Waals surface area contributed by atoms with Gasteiger partial charge in [-0.1, -0.05) is 0 Å². The quantitative estimate of drug-likeness (QED) is 0.378. The molecule has 7 heteroatoms. The van der Waals surface area contributed by atoms with Crippen molar-refractivity contribution < 1.29 is 19.1 Å². The van der Waals surface area contributed by atoms with Crippen LogP contribution in [-0.2, 0) is 19.1 Å². The van der Waals surface area contributed by atoms with Crippen LogP contribution in [0.5, 0.6) is 0 Å². The largest absolute Gasteiger partial charge is 0.382 e. The molecule has 1 aliphatic rings. The van der Waals surface area contributed by atoms with E-state index in [2.05, 4.69) is 5.43 Å². The highest BCUT2D eigenvalue weighted by Crippen LogP contribution is 2.17. The lowest BCUT2D eigenvalue weighted by molar-refractivity contribution is -0.141. The molecule has 0 aromatic carbocycles. The number of ether oxygens (including phenoxy) is 2. The first-order chi connectivity index (χ1) is 9.08. The summed E-state index contributed by atoms with van der Waals surface area (Å²) >= 11 is 0. The number of nitrogens with one attached hydrogen (secondary N) is 1. The van der Waals surface area contributed by atoms with Crippen LogP contribution < -0.4 is 11.3 Å². The molecule has 1 unspecified atom stereocenters. The van der Waals surface area contributed by atoms with Crippen LogP contribution >= 0.6 is 0 Å². The lowest BCUT2D eigenvalue weighted by atomic mass is 9.96. The van der Waals surface area contributed by atoms with Crippen LogP contribution in [-0.4, -0.2) is 56.2 Å². The van der Waals surface area contributed by atoms with Crippen LogP contribution in [0.2, 0.25) is 0 Å². The molecule has 0 saturated carbocycles. The lowest BCUT2D eigenvalue weighted by Gasteiger charge is -2.31. The maximum atomic E-state index is 11.9. The Hall–Kier alpha value is -1.18. The van der Waals surface area contributed by atoms with Gasteiger partial charge in [0.05, 0.1) is 12.7 Å². The Labute approximate surface area is 113 Å². The Kier molecular flexibility index (Phi) is 6.75. The Morgan fingerprint density at radius 2 is 2.05 bits per heavy atom. The van der Waals surface area contributed by atoms with Crippen molar-refractivity contribution in [1.29, 1.82) is 0 Å². The summed E-state index contributed by atoms with van der Waals surface area (Å²) in [5.74, 6) is 4.80. The Balaban J connectivity index is 2.27. The number of carbonyl (C=O) groups excluding carboxylic acids is 2. The molecule has 1 fully saturated rings. The highest BCUT2D eigenvalue weighted by molar-refractivity contribution is 5.80. The molecule has 2 amide bonds. The average Bonchev–Trinajstić information content (AvgIpc) is 2.44. The zero-order chi connectivity index (χ0) is 14.3. The van der Waals surface area contributed by atoms with E-state index >= 15 is 0 Å². The fraction of sp³-hybridized carbons (Fsp3) is 0.833. The molecule has 0 bridgehead atoms. The Morgan fingerprint density at radius 3 is 2.58 bits per heavy atom. The fourth-order valence-corrected chi connectivity index (χ4v) is 2.10. The van der Waals surface area contributed by atoms with Crippen molar-refractivity contribution in [1.82, 2.24) is 10.3 Å². The van der Waals surface area contributed by atoms with Crippen molar-refractivity contribution >= 4 is 11.8 Å². The molecule has 0 spiro atoms. The topological polar surface area (TPSA) is 93.9 Å². The van der Waals surface area contributed by atoms with Crippen molar-refractivity contribution in [2.45, 2.75) is 25.9 Å². The maximum Gasteiger partial charge on any atom is 0.248 e. The summed E-state index contributed by atoms with van der Waals surface area (Å²) in [6.07, 6.45) is 1.18. The molecule has 1 saturated heterocycles. The van der Waals surface area contributed by atoms with Crippen molar-refractivity contribution in [3.63, 3.8) is 0 Å². The average molecular weight is 273 g/mol. The Morgan fingerprint density at radius 1 is 1.42 bits per heavy atom. The van der Waals surface area contributed by atoms with Crippen molar-refractivity contribution in [3.8, 4) is 0 Å². The molecular weight excluding hydrogens is 250 g/mol. The van der Waals surface area contributed by atoms with Crippen molar-refractivity contribution in [2.24, 2.45) is 11.8 Å². The number of nitrogens with zero attached hydrogens (tertiary/aromatic N) is 1. The predicted molar refractivity (Wildman–Crippen MR) is 68.9 cm³/mol. The van der Waals surface area contributed by atoms with Gasteiger partial charge in [0.25, 0.3) is 0 Å². The minimum Gasteiger partial charge on any atom is -0.382 e. The monoisotopic (exact) mass is 273 g/mol. The van der Waals surface area contributed by atoms with Crippen LogP contribution in [0, 0.1) is 5.92 Å². The molecule has 1 heterocycles. The molecule has 19 heavy (non-hydrogen) atoms. The Bertz CT molecular complexity index is 303. The molecule has 110 valence electrons. The summed E-state index contributed by atoms with van der Waals surface area (Å²) in [6, 6.07) is 0. The normalized spacial score (nSPS) is 18.2. The van der Waals surface area contributed by atoms with E-state index in [-0.39, 0.29) is 30.4 Å². The molecule has 1 rings (SSSR count). The van der Waals surface area contributed by atoms with Gasteiger partial charge < -0.3 is 14.4 Å². The van der Waals surface area contributed by atoms with E-state index in [1.165, 1.54) is 0 Å². The number of rotatable bonds is 6. The van der Waals surface area contributed by atoms with Gasteiger partial charge in [0.1, 0.15) is 6.61 Å². The number of likely N-dealkylation sites (tertiary alicyclic amines) is 1. The summed E-state index contributed by atoms with van der Waals surface area (Å²) in [6.45, 7) is 3.51. The number of hydrogen-bond acceptors (Lipinski definition) is 5. The second-order valence-electron chi connectivity index (χ2n) is 4.74. The van der Waals surface area contributed by atoms with E-state index in [4.69, 9.17) is 15.3 Å². The van der Waals surface area contributed by atoms with Gasteiger partial charge in [-0.25, -0.2) is 5.84 Å². The van der Waals surface area contributed by atoms with E-state index in [0.29, 0.717) is 32.5 Å². The molecule has 1 aliphatic heterocycles. The van der Waals surface area contributed by atoms with Crippen LogP contribution in [0.25, 0.3) is 0 Å². The van der Waals surface area contributed by atoms with Crippen LogP contribution in [0.3, 0.4) is 0 Å². The second-order valence-corrected chi connectivity index (χ2v) is 4.74. The third-order valence-electron chi connectivity index (χ3n) is 3.25. The van der Waals surface area contributed by atoms with E-state index in [9.17, 15) is 9.59 Å². The van der Waals surface area contributed by atoms with Gasteiger partial charge in [-0.2, -0.15) is 0 Å². The molecule has 0 aromatic heterocycles. The number of carbonyl (C=O) groups is 2. The van der Waals surface area contributed by atoms with Crippen molar-refractivity contribution in [2.75, 3.05) is 33.4 Å². The standard InChI is InChI=1S/C12H23N3O4/c1-9(7-18-2)19-8-11(16)15-5-3-10(4-6-15)12(17)14-13/h9-10H,3-8,13H2,1-2H3,(H,14,17). The minimum atomic E-state index is -0.155. The lowest BCUT2D eigenvalue weighted by Crippen LogP contribution is -2.45. The molecular formula is C12H23N3O4. The second kappa shape index (κ2) is 8.08. The highest BCUT2D eigenvalue weighted by atomic mass is 16.5. The number of amides is 2. The van der Waals surface area contributed by atoms with Crippen LogP contribution in [0.15, 0.2) is 0 Å². The molecule has 3 N–H and O–H groups in total. The van der Waals surface area contributed by atoms with E-state index < -0.39 is 0 Å². The SMILES string of the molecule is COCC(C)OCC(=O)N1CCC(C(=O)NN)CC1. The van der Waals surface area contributed by atoms with Gasteiger partial charge in [-0.05, 0) is 19.8 Å². The summed E-state index contributed by atoms with van der Waals surface area (Å²) < 4.78 is 10.3. The van der Waals surface area contributed by atoms with Gasteiger partial charge in [0, 0.05) is 26.1 Å². The fourth-order valence-electron chi connectivity index (χ4n) is 2.10. The minimum absolute atomic E-state index is 0.0467. The summed E-state index contributed by atoms with van der Waals surface area (Å²) in [5.41, 5.74) is 2.15. The van der Waals surface area contributed by atoms with Gasteiger partial charge >= 0.3 is 0 Å². The summed E-state index contributed by atoms with van der Waals surface area (Å²) in [5, 5.41) is 0. The van der Waals surface area contributed by atoms with Crippen LogP contribution in [0.1, 0.15) is 19.8 Å². The number of piperidine rings is 1.